The number of halogens is 2. The number of aromatic nitrogens is 2. The summed E-state index contributed by atoms with van der Waals surface area (Å²) in [6.45, 7) is -0.178. The maximum Gasteiger partial charge on any atom is 0.351 e. The van der Waals surface area contributed by atoms with Crippen molar-refractivity contribution >= 4 is 33.3 Å². The average Bonchev–Trinajstić information content (AvgIpc) is 2.65. The van der Waals surface area contributed by atoms with E-state index >= 15 is 0 Å². The standard InChI is InChI=1S/C9H11BrClN3O3/c10-4-2-14(9(16)13-8(4)12)7-1-5(11)6(3-15)17-7/h2,5-7,15H,1,3H2,(H2,12,13,16)/t5-,6+,7+/m0/s1. The second kappa shape index (κ2) is 4.93. The Balaban J connectivity index is 2.30. The molecule has 2 heterocycles. The fraction of sp³-hybridized carbons (Fsp3) is 0.556. The van der Waals surface area contributed by atoms with Gasteiger partial charge in [-0.05, 0) is 15.9 Å². The van der Waals surface area contributed by atoms with Crippen LogP contribution < -0.4 is 11.4 Å². The summed E-state index contributed by atoms with van der Waals surface area (Å²) in [5.41, 5.74) is 4.99. The van der Waals surface area contributed by atoms with Gasteiger partial charge < -0.3 is 15.6 Å². The van der Waals surface area contributed by atoms with Gasteiger partial charge in [-0.15, -0.1) is 11.6 Å². The number of nitrogens with two attached hydrogens (primary N) is 1. The van der Waals surface area contributed by atoms with Crippen molar-refractivity contribution in [3.05, 3.63) is 21.2 Å². The third kappa shape index (κ3) is 2.47. The Kier molecular flexibility index (Phi) is 3.72. The molecule has 2 rings (SSSR count). The number of hydrogen-bond donors (Lipinski definition) is 2. The van der Waals surface area contributed by atoms with Gasteiger partial charge in [0, 0.05) is 12.6 Å². The number of alkyl halides is 1. The molecular weight excluding hydrogens is 313 g/mol. The first kappa shape index (κ1) is 12.8. The van der Waals surface area contributed by atoms with Crippen molar-refractivity contribution in [2.75, 3.05) is 12.3 Å². The molecule has 1 saturated heterocycles. The van der Waals surface area contributed by atoms with Crippen LogP contribution >= 0.6 is 27.5 Å². The van der Waals surface area contributed by atoms with Crippen molar-refractivity contribution in [1.82, 2.24) is 9.55 Å². The molecule has 1 aromatic heterocycles. The highest BCUT2D eigenvalue weighted by atomic mass is 79.9. The molecule has 0 spiro atoms. The first-order chi connectivity index (χ1) is 8.02. The Bertz CT molecular complexity index is 481. The number of rotatable bonds is 2. The van der Waals surface area contributed by atoms with Gasteiger partial charge in [-0.3, -0.25) is 4.57 Å². The molecule has 0 bridgehead atoms. The lowest BCUT2D eigenvalue weighted by Crippen LogP contribution is -2.28. The monoisotopic (exact) mass is 323 g/mol. The van der Waals surface area contributed by atoms with Crippen molar-refractivity contribution in [1.29, 1.82) is 0 Å². The van der Waals surface area contributed by atoms with Crippen LogP contribution in [0, 0.1) is 0 Å². The zero-order valence-electron chi connectivity index (χ0n) is 8.72. The van der Waals surface area contributed by atoms with E-state index in [9.17, 15) is 4.79 Å². The van der Waals surface area contributed by atoms with E-state index in [0.29, 0.717) is 10.9 Å². The third-order valence-corrected chi connectivity index (χ3v) is 3.66. The van der Waals surface area contributed by atoms with Gasteiger partial charge in [0.05, 0.1) is 22.6 Å². The van der Waals surface area contributed by atoms with Gasteiger partial charge >= 0.3 is 5.69 Å². The van der Waals surface area contributed by atoms with E-state index in [0.717, 1.165) is 0 Å². The van der Waals surface area contributed by atoms with Crippen LogP contribution in [0.2, 0.25) is 0 Å². The van der Waals surface area contributed by atoms with Crippen molar-refractivity contribution < 1.29 is 9.84 Å². The topological polar surface area (TPSA) is 90.4 Å². The average molecular weight is 325 g/mol. The van der Waals surface area contributed by atoms with Crippen molar-refractivity contribution in [3.63, 3.8) is 0 Å². The molecule has 1 aliphatic heterocycles. The van der Waals surface area contributed by atoms with Crippen LogP contribution in [0.4, 0.5) is 5.82 Å². The van der Waals surface area contributed by atoms with Crippen LogP contribution in [0.1, 0.15) is 12.6 Å². The summed E-state index contributed by atoms with van der Waals surface area (Å²) in [7, 11) is 0. The highest BCUT2D eigenvalue weighted by molar-refractivity contribution is 9.10. The molecule has 0 saturated carbocycles. The molecule has 17 heavy (non-hydrogen) atoms. The van der Waals surface area contributed by atoms with Crippen molar-refractivity contribution in [2.24, 2.45) is 0 Å². The second-order valence-electron chi connectivity index (χ2n) is 3.73. The van der Waals surface area contributed by atoms with Gasteiger partial charge in [-0.25, -0.2) is 4.79 Å². The minimum atomic E-state index is -0.522. The normalized spacial score (nSPS) is 28.5. The Morgan fingerprint density at radius 2 is 2.47 bits per heavy atom. The largest absolute Gasteiger partial charge is 0.394 e. The van der Waals surface area contributed by atoms with Crippen LogP contribution in [0.3, 0.4) is 0 Å². The Morgan fingerprint density at radius 1 is 1.76 bits per heavy atom. The van der Waals surface area contributed by atoms with Crippen molar-refractivity contribution in [2.45, 2.75) is 24.1 Å². The van der Waals surface area contributed by atoms with Crippen LogP contribution in [0.25, 0.3) is 0 Å². The lowest BCUT2D eigenvalue weighted by atomic mass is 10.2. The van der Waals surface area contributed by atoms with Gasteiger partial charge in [0.2, 0.25) is 0 Å². The fourth-order valence-corrected chi connectivity index (χ4v) is 2.29. The molecule has 94 valence electrons. The molecule has 1 fully saturated rings. The number of aliphatic hydroxyl groups excluding tert-OH is 1. The van der Waals surface area contributed by atoms with Crippen LogP contribution in [-0.2, 0) is 4.74 Å². The summed E-state index contributed by atoms with van der Waals surface area (Å²) in [4.78, 5) is 15.3. The van der Waals surface area contributed by atoms with E-state index in [1.54, 1.807) is 0 Å². The van der Waals surface area contributed by atoms with Crippen LogP contribution in [0.5, 0.6) is 0 Å². The second-order valence-corrected chi connectivity index (χ2v) is 5.14. The highest BCUT2D eigenvalue weighted by Gasteiger charge is 2.35. The van der Waals surface area contributed by atoms with Gasteiger partial charge in [0.15, 0.2) is 0 Å². The van der Waals surface area contributed by atoms with Crippen molar-refractivity contribution in [3.8, 4) is 0 Å². The first-order valence-electron chi connectivity index (χ1n) is 4.97. The van der Waals surface area contributed by atoms with Crippen LogP contribution in [-0.4, -0.2) is 32.7 Å². The molecule has 1 aromatic rings. The summed E-state index contributed by atoms with van der Waals surface area (Å²) in [5, 5.41) is 8.70. The number of nitrogens with zero attached hydrogens (tertiary/aromatic N) is 2. The number of ether oxygens (including phenoxy) is 1. The maximum atomic E-state index is 11.6. The molecular formula is C9H11BrClN3O3. The minimum Gasteiger partial charge on any atom is -0.394 e. The molecule has 0 aromatic carbocycles. The van der Waals surface area contributed by atoms with E-state index in [2.05, 4.69) is 20.9 Å². The van der Waals surface area contributed by atoms with E-state index in [1.165, 1.54) is 10.8 Å². The van der Waals surface area contributed by atoms with E-state index in [-0.39, 0.29) is 17.8 Å². The summed E-state index contributed by atoms with van der Waals surface area (Å²) in [5.74, 6) is 0.130. The number of aliphatic hydroxyl groups is 1. The minimum absolute atomic E-state index is 0.130. The lowest BCUT2D eigenvalue weighted by Gasteiger charge is -2.14. The summed E-state index contributed by atoms with van der Waals surface area (Å²) in [6.07, 6.45) is 0.958. The first-order valence-corrected chi connectivity index (χ1v) is 6.20. The van der Waals surface area contributed by atoms with E-state index in [1.807, 2.05) is 0 Å². The van der Waals surface area contributed by atoms with Gasteiger partial charge in [0.1, 0.15) is 12.0 Å². The molecule has 6 nitrogen and oxygen atoms in total. The predicted molar refractivity (Wildman–Crippen MR) is 65.9 cm³/mol. The quantitative estimate of drug-likeness (QED) is 0.772. The zero-order chi connectivity index (χ0) is 12.6. The predicted octanol–water partition coefficient (Wildman–Crippen LogP) is 0.475. The van der Waals surface area contributed by atoms with Gasteiger partial charge in [0.25, 0.3) is 0 Å². The summed E-state index contributed by atoms with van der Waals surface area (Å²) >= 11 is 9.18. The van der Waals surface area contributed by atoms with Gasteiger partial charge in [-0.1, -0.05) is 0 Å². The molecule has 0 unspecified atom stereocenters. The van der Waals surface area contributed by atoms with E-state index < -0.39 is 18.0 Å². The molecule has 8 heteroatoms. The molecule has 0 radical (unpaired) electrons. The molecule has 0 aliphatic carbocycles. The van der Waals surface area contributed by atoms with Crippen LogP contribution in [0.15, 0.2) is 15.5 Å². The molecule has 1 aliphatic rings. The lowest BCUT2D eigenvalue weighted by molar-refractivity contribution is -0.0240. The molecule has 3 N–H and O–H groups in total. The number of anilines is 1. The highest BCUT2D eigenvalue weighted by Crippen LogP contribution is 2.31. The number of nitrogen functional groups attached to an aromatic ring is 1. The third-order valence-electron chi connectivity index (χ3n) is 2.59. The zero-order valence-corrected chi connectivity index (χ0v) is 11.1. The van der Waals surface area contributed by atoms with E-state index in [4.69, 9.17) is 27.2 Å². The Labute approximate surface area is 110 Å². The Morgan fingerprint density at radius 3 is 3.06 bits per heavy atom. The molecule has 3 atom stereocenters. The van der Waals surface area contributed by atoms with Gasteiger partial charge in [-0.2, -0.15) is 4.98 Å². The smallest absolute Gasteiger partial charge is 0.351 e. The maximum absolute atomic E-state index is 11.6. The Hall–Kier alpha value is -0.630. The number of hydrogen-bond acceptors (Lipinski definition) is 5. The summed E-state index contributed by atoms with van der Waals surface area (Å²) in [6, 6.07) is 0. The summed E-state index contributed by atoms with van der Waals surface area (Å²) < 4.78 is 7.29. The SMILES string of the molecule is Nc1nc(=O)n([C@H]2C[C@H](Cl)[C@@H](CO)O2)cc1Br. The molecule has 0 amide bonds. The fourth-order valence-electron chi connectivity index (χ4n) is 1.69.